The molecule has 1 aliphatic carbocycles. The second-order valence-electron chi connectivity index (χ2n) is 5.59. The number of aryl methyl sites for hydroxylation is 1. The molecule has 2 aliphatic rings. The Labute approximate surface area is 110 Å². The maximum Gasteiger partial charge on any atom is 0.0469 e. The molecule has 0 aromatic heterocycles. The summed E-state index contributed by atoms with van der Waals surface area (Å²) < 4.78 is 5.41. The Kier molecular flexibility index (Phi) is 3.84. The van der Waals surface area contributed by atoms with Crippen LogP contribution in [0.4, 0.5) is 5.69 Å². The first-order valence-electron chi connectivity index (χ1n) is 7.36. The number of hydrogen-bond donors (Lipinski definition) is 1. The van der Waals surface area contributed by atoms with Gasteiger partial charge in [0.2, 0.25) is 0 Å². The molecule has 1 saturated heterocycles. The lowest BCUT2D eigenvalue weighted by Gasteiger charge is -2.25. The summed E-state index contributed by atoms with van der Waals surface area (Å²) in [5.74, 6) is 0.790. The Morgan fingerprint density at radius 2 is 1.94 bits per heavy atom. The minimum atomic E-state index is 0.790. The second kappa shape index (κ2) is 5.75. The molecule has 2 nitrogen and oxygen atoms in total. The van der Waals surface area contributed by atoms with E-state index in [9.17, 15) is 0 Å². The number of fused-ring (bicyclic) bond motifs is 1. The third-order valence-corrected chi connectivity index (χ3v) is 4.32. The first-order valence-corrected chi connectivity index (χ1v) is 7.36. The number of rotatable bonds is 3. The summed E-state index contributed by atoms with van der Waals surface area (Å²) in [6.45, 7) is 3.00. The van der Waals surface area contributed by atoms with Crippen molar-refractivity contribution in [1.29, 1.82) is 0 Å². The van der Waals surface area contributed by atoms with E-state index in [0.29, 0.717) is 0 Å². The average Bonchev–Trinajstić information content (AvgIpc) is 2.46. The number of benzene rings is 1. The number of ether oxygens (including phenoxy) is 1. The highest BCUT2D eigenvalue weighted by atomic mass is 16.5. The zero-order valence-corrected chi connectivity index (χ0v) is 11.1. The summed E-state index contributed by atoms with van der Waals surface area (Å²) in [4.78, 5) is 0. The Bertz CT molecular complexity index is 396. The molecule has 1 fully saturated rings. The lowest BCUT2D eigenvalue weighted by molar-refractivity contribution is 0.0699. The molecule has 0 spiro atoms. The first-order chi connectivity index (χ1) is 8.93. The van der Waals surface area contributed by atoms with Crippen molar-refractivity contribution in [3.63, 3.8) is 0 Å². The fourth-order valence-electron chi connectivity index (χ4n) is 3.15. The van der Waals surface area contributed by atoms with Crippen LogP contribution >= 0.6 is 0 Å². The van der Waals surface area contributed by atoms with Gasteiger partial charge in [-0.2, -0.15) is 0 Å². The van der Waals surface area contributed by atoms with Crippen molar-refractivity contribution >= 4 is 5.69 Å². The summed E-state index contributed by atoms with van der Waals surface area (Å²) in [5, 5.41) is 3.69. The number of nitrogens with one attached hydrogen (secondary N) is 1. The second-order valence-corrected chi connectivity index (χ2v) is 5.59. The molecule has 18 heavy (non-hydrogen) atoms. The Morgan fingerprint density at radius 3 is 2.83 bits per heavy atom. The molecule has 0 bridgehead atoms. The van der Waals surface area contributed by atoms with Crippen molar-refractivity contribution in [1.82, 2.24) is 0 Å². The van der Waals surface area contributed by atoms with Gasteiger partial charge in [-0.3, -0.25) is 0 Å². The van der Waals surface area contributed by atoms with E-state index in [1.807, 2.05) is 0 Å². The van der Waals surface area contributed by atoms with Gasteiger partial charge in [0, 0.05) is 25.4 Å². The third kappa shape index (κ3) is 2.69. The molecular weight excluding hydrogens is 222 g/mol. The summed E-state index contributed by atoms with van der Waals surface area (Å²) in [7, 11) is 0. The van der Waals surface area contributed by atoms with Crippen molar-refractivity contribution in [3.8, 4) is 0 Å². The molecule has 98 valence electrons. The van der Waals surface area contributed by atoms with Gasteiger partial charge in [-0.05, 0) is 61.6 Å². The molecule has 1 aliphatic heterocycles. The predicted octanol–water partition coefficient (Wildman–Crippen LogP) is 3.40. The van der Waals surface area contributed by atoms with Gasteiger partial charge < -0.3 is 10.1 Å². The van der Waals surface area contributed by atoms with E-state index in [-0.39, 0.29) is 0 Å². The Morgan fingerprint density at radius 1 is 1.11 bits per heavy atom. The van der Waals surface area contributed by atoms with Crippen LogP contribution in [0.5, 0.6) is 0 Å². The maximum atomic E-state index is 5.41. The minimum absolute atomic E-state index is 0.790. The molecule has 0 amide bonds. The van der Waals surface area contributed by atoms with Gasteiger partial charge in [-0.1, -0.05) is 12.1 Å². The molecular formula is C16H23NO. The lowest BCUT2D eigenvalue weighted by Crippen LogP contribution is -2.23. The van der Waals surface area contributed by atoms with Crippen LogP contribution in [0.3, 0.4) is 0 Å². The molecule has 1 heterocycles. The zero-order chi connectivity index (χ0) is 12.2. The third-order valence-electron chi connectivity index (χ3n) is 4.32. The van der Waals surface area contributed by atoms with E-state index >= 15 is 0 Å². The van der Waals surface area contributed by atoms with Crippen molar-refractivity contribution < 1.29 is 4.74 Å². The topological polar surface area (TPSA) is 21.3 Å². The van der Waals surface area contributed by atoms with Gasteiger partial charge in [0.15, 0.2) is 0 Å². The van der Waals surface area contributed by atoms with Gasteiger partial charge in [0.1, 0.15) is 0 Å². The van der Waals surface area contributed by atoms with Crippen LogP contribution in [0.1, 0.15) is 36.8 Å². The normalized spacial score (nSPS) is 20.4. The molecule has 0 radical (unpaired) electrons. The highest BCUT2D eigenvalue weighted by Gasteiger charge is 2.16. The Balaban J connectivity index is 1.65. The molecule has 1 aromatic rings. The molecule has 3 rings (SSSR count). The van der Waals surface area contributed by atoms with Crippen LogP contribution in [0.2, 0.25) is 0 Å². The smallest absolute Gasteiger partial charge is 0.0469 e. The molecule has 0 saturated carbocycles. The van der Waals surface area contributed by atoms with Crippen LogP contribution in [-0.4, -0.2) is 19.8 Å². The van der Waals surface area contributed by atoms with E-state index in [2.05, 4.69) is 23.5 Å². The van der Waals surface area contributed by atoms with Crippen LogP contribution in [0.15, 0.2) is 18.2 Å². The van der Waals surface area contributed by atoms with E-state index in [1.165, 1.54) is 44.2 Å². The highest BCUT2D eigenvalue weighted by molar-refractivity contribution is 5.55. The van der Waals surface area contributed by atoms with Crippen molar-refractivity contribution in [2.75, 3.05) is 25.1 Å². The SMILES string of the molecule is c1cc2c(c(NCC3CCOCC3)c1)CCCC2. The monoisotopic (exact) mass is 245 g/mol. The highest BCUT2D eigenvalue weighted by Crippen LogP contribution is 2.28. The average molecular weight is 245 g/mol. The van der Waals surface area contributed by atoms with E-state index in [1.54, 1.807) is 11.1 Å². The molecule has 0 atom stereocenters. The molecule has 1 aromatic carbocycles. The summed E-state index contributed by atoms with van der Waals surface area (Å²) in [5.41, 5.74) is 4.53. The van der Waals surface area contributed by atoms with Gasteiger partial charge in [-0.15, -0.1) is 0 Å². The van der Waals surface area contributed by atoms with E-state index < -0.39 is 0 Å². The quantitative estimate of drug-likeness (QED) is 0.881. The van der Waals surface area contributed by atoms with Crippen molar-refractivity contribution in [3.05, 3.63) is 29.3 Å². The van der Waals surface area contributed by atoms with Crippen LogP contribution < -0.4 is 5.32 Å². The van der Waals surface area contributed by atoms with Gasteiger partial charge in [-0.25, -0.2) is 0 Å². The lowest BCUT2D eigenvalue weighted by atomic mass is 9.90. The minimum Gasteiger partial charge on any atom is -0.385 e. The van der Waals surface area contributed by atoms with Crippen molar-refractivity contribution in [2.24, 2.45) is 5.92 Å². The number of hydrogen-bond acceptors (Lipinski definition) is 2. The largest absolute Gasteiger partial charge is 0.385 e. The molecule has 2 heteroatoms. The van der Waals surface area contributed by atoms with E-state index in [0.717, 1.165) is 25.7 Å². The standard InChI is InChI=1S/C16H23NO/c1-2-6-15-14(4-1)5-3-7-16(15)17-12-13-8-10-18-11-9-13/h3,5,7,13,17H,1-2,4,6,8-12H2. The summed E-state index contributed by atoms with van der Waals surface area (Å²) in [6.07, 6.45) is 7.65. The van der Waals surface area contributed by atoms with Gasteiger partial charge in [0.25, 0.3) is 0 Å². The van der Waals surface area contributed by atoms with Crippen LogP contribution in [0, 0.1) is 5.92 Å². The molecule has 1 N–H and O–H groups in total. The summed E-state index contributed by atoms with van der Waals surface area (Å²) >= 11 is 0. The van der Waals surface area contributed by atoms with Crippen molar-refractivity contribution in [2.45, 2.75) is 38.5 Å². The Hall–Kier alpha value is -1.02. The summed E-state index contributed by atoms with van der Waals surface area (Å²) in [6, 6.07) is 6.76. The molecule has 0 unspecified atom stereocenters. The first kappa shape index (κ1) is 12.0. The van der Waals surface area contributed by atoms with Gasteiger partial charge in [0.05, 0.1) is 0 Å². The van der Waals surface area contributed by atoms with Crippen LogP contribution in [-0.2, 0) is 17.6 Å². The van der Waals surface area contributed by atoms with Crippen LogP contribution in [0.25, 0.3) is 0 Å². The fraction of sp³-hybridized carbons (Fsp3) is 0.625. The number of anilines is 1. The maximum absolute atomic E-state index is 5.41. The van der Waals surface area contributed by atoms with E-state index in [4.69, 9.17) is 4.74 Å². The fourth-order valence-corrected chi connectivity index (χ4v) is 3.15. The zero-order valence-electron chi connectivity index (χ0n) is 11.1. The predicted molar refractivity (Wildman–Crippen MR) is 75.1 cm³/mol. The van der Waals surface area contributed by atoms with Gasteiger partial charge >= 0.3 is 0 Å².